The molecule has 7 nitrogen and oxygen atoms in total. The van der Waals surface area contributed by atoms with Gasteiger partial charge in [-0.25, -0.2) is 9.97 Å². The molecule has 28 heavy (non-hydrogen) atoms. The number of rotatable bonds is 6. The molecule has 0 unspecified atom stereocenters. The monoisotopic (exact) mass is 379 g/mol. The summed E-state index contributed by atoms with van der Waals surface area (Å²) in [5.74, 6) is 2.33. The molecular formula is C21H25N5O2. The van der Waals surface area contributed by atoms with Crippen LogP contribution < -0.4 is 9.64 Å². The Hall–Kier alpha value is -2.67. The van der Waals surface area contributed by atoms with Gasteiger partial charge in [-0.3, -0.25) is 4.90 Å². The highest BCUT2D eigenvalue weighted by Gasteiger charge is 2.23. The third-order valence-electron chi connectivity index (χ3n) is 5.72. The van der Waals surface area contributed by atoms with Crippen molar-refractivity contribution >= 4 is 16.6 Å². The fraction of sp³-hybridized carbons (Fsp3) is 0.476. The number of fused-ring (bicyclic) bond motifs is 1. The average Bonchev–Trinajstić information content (AvgIpc) is 3.48. The van der Waals surface area contributed by atoms with E-state index in [0.717, 1.165) is 56.0 Å². The summed E-state index contributed by atoms with van der Waals surface area (Å²) in [7, 11) is 0. The highest BCUT2D eigenvalue weighted by Crippen LogP contribution is 2.32. The van der Waals surface area contributed by atoms with Gasteiger partial charge in [0.05, 0.1) is 23.7 Å². The van der Waals surface area contributed by atoms with E-state index in [0.29, 0.717) is 11.8 Å². The van der Waals surface area contributed by atoms with Crippen LogP contribution in [0.15, 0.2) is 35.2 Å². The van der Waals surface area contributed by atoms with Gasteiger partial charge in [0.25, 0.3) is 0 Å². The van der Waals surface area contributed by atoms with Crippen molar-refractivity contribution < 1.29 is 9.26 Å². The molecule has 7 heteroatoms. The first-order chi connectivity index (χ1) is 13.8. The number of aryl methyl sites for hydroxylation is 1. The molecule has 1 saturated heterocycles. The Morgan fingerprint density at radius 2 is 2.00 bits per heavy atom. The number of piperazine rings is 1. The zero-order chi connectivity index (χ0) is 18.9. The fourth-order valence-corrected chi connectivity index (χ4v) is 3.69. The lowest BCUT2D eigenvalue weighted by Crippen LogP contribution is -2.46. The topological polar surface area (TPSA) is 67.5 Å². The third-order valence-corrected chi connectivity index (χ3v) is 5.72. The van der Waals surface area contributed by atoms with Crippen LogP contribution in [0.2, 0.25) is 0 Å². The molecule has 5 rings (SSSR count). The Balaban J connectivity index is 1.28. The maximum Gasteiger partial charge on any atom is 0.224 e. The van der Waals surface area contributed by atoms with Crippen LogP contribution in [0.5, 0.6) is 5.88 Å². The molecule has 0 spiro atoms. The fourth-order valence-electron chi connectivity index (χ4n) is 3.69. The van der Waals surface area contributed by atoms with Crippen molar-refractivity contribution in [3.8, 4) is 5.88 Å². The summed E-state index contributed by atoms with van der Waals surface area (Å²) in [5, 5.41) is 4.88. The second-order valence-electron chi connectivity index (χ2n) is 7.81. The molecule has 0 amide bonds. The van der Waals surface area contributed by atoms with Crippen molar-refractivity contribution in [3.63, 3.8) is 0 Å². The predicted molar refractivity (Wildman–Crippen MR) is 106 cm³/mol. The largest absolute Gasteiger partial charge is 0.477 e. The number of ether oxygens (including phenoxy) is 1. The van der Waals surface area contributed by atoms with Gasteiger partial charge in [0.2, 0.25) is 5.88 Å². The first-order valence-corrected chi connectivity index (χ1v) is 10.0. The molecule has 3 aromatic rings. The number of anilines is 1. The molecular weight excluding hydrogens is 354 g/mol. The van der Waals surface area contributed by atoms with Crippen LogP contribution in [0.4, 0.5) is 5.69 Å². The summed E-state index contributed by atoms with van der Waals surface area (Å²) in [6.45, 7) is 7.63. The molecule has 1 aromatic carbocycles. The van der Waals surface area contributed by atoms with E-state index in [2.05, 4.69) is 43.1 Å². The van der Waals surface area contributed by atoms with E-state index >= 15 is 0 Å². The number of aromatic nitrogens is 3. The van der Waals surface area contributed by atoms with Crippen molar-refractivity contribution in [2.24, 2.45) is 5.92 Å². The molecule has 1 aliphatic heterocycles. The van der Waals surface area contributed by atoms with Crippen LogP contribution in [0.25, 0.3) is 10.9 Å². The van der Waals surface area contributed by atoms with Crippen LogP contribution in [-0.4, -0.2) is 52.8 Å². The smallest absolute Gasteiger partial charge is 0.224 e. The van der Waals surface area contributed by atoms with Gasteiger partial charge < -0.3 is 14.2 Å². The first kappa shape index (κ1) is 17.4. The molecule has 2 aliphatic rings. The lowest BCUT2D eigenvalue weighted by Gasteiger charge is -2.36. The second kappa shape index (κ2) is 7.39. The number of nitrogens with zero attached hydrogens (tertiary/aromatic N) is 5. The summed E-state index contributed by atoms with van der Waals surface area (Å²) < 4.78 is 11.2. The van der Waals surface area contributed by atoms with Gasteiger partial charge in [0, 0.05) is 44.0 Å². The highest BCUT2D eigenvalue weighted by atomic mass is 16.5. The summed E-state index contributed by atoms with van der Waals surface area (Å²) in [6.07, 6.45) is 5.96. The first-order valence-electron chi connectivity index (χ1n) is 10.0. The molecule has 0 N–H and O–H groups in total. The van der Waals surface area contributed by atoms with Gasteiger partial charge in [0.15, 0.2) is 0 Å². The van der Waals surface area contributed by atoms with Gasteiger partial charge in [0.1, 0.15) is 12.1 Å². The lowest BCUT2D eigenvalue weighted by molar-refractivity contribution is 0.248. The molecule has 0 bridgehead atoms. The summed E-state index contributed by atoms with van der Waals surface area (Å²) >= 11 is 0. The standard InChI is InChI=1S/C21H25N5O2/c1-15-17(11-24-28-15)12-25-6-8-26(9-7-25)18-4-5-20-19(10-18)21(23-14-22-20)27-13-16-2-3-16/h4-5,10-11,14,16H,2-3,6-9,12-13H2,1H3. The molecule has 1 aliphatic carbocycles. The van der Waals surface area contributed by atoms with E-state index in [4.69, 9.17) is 9.26 Å². The van der Waals surface area contributed by atoms with E-state index < -0.39 is 0 Å². The number of hydrogen-bond acceptors (Lipinski definition) is 7. The summed E-state index contributed by atoms with van der Waals surface area (Å²) in [4.78, 5) is 13.7. The van der Waals surface area contributed by atoms with Gasteiger partial charge in [-0.05, 0) is 43.9 Å². The zero-order valence-corrected chi connectivity index (χ0v) is 16.2. The molecule has 0 radical (unpaired) electrons. The van der Waals surface area contributed by atoms with Crippen molar-refractivity contribution in [1.82, 2.24) is 20.0 Å². The maximum absolute atomic E-state index is 5.98. The quantitative estimate of drug-likeness (QED) is 0.652. The van der Waals surface area contributed by atoms with E-state index in [9.17, 15) is 0 Å². The van der Waals surface area contributed by atoms with Crippen molar-refractivity contribution in [2.75, 3.05) is 37.7 Å². The number of hydrogen-bond donors (Lipinski definition) is 0. The normalized spacial score (nSPS) is 18.0. The average molecular weight is 379 g/mol. The van der Waals surface area contributed by atoms with Crippen molar-refractivity contribution in [2.45, 2.75) is 26.3 Å². The van der Waals surface area contributed by atoms with Crippen LogP contribution in [0.1, 0.15) is 24.2 Å². The van der Waals surface area contributed by atoms with Gasteiger partial charge in [-0.2, -0.15) is 0 Å². The molecule has 146 valence electrons. The summed E-state index contributed by atoms with van der Waals surface area (Å²) in [5.41, 5.74) is 3.32. The van der Waals surface area contributed by atoms with E-state index in [1.54, 1.807) is 6.33 Å². The third kappa shape index (κ3) is 3.67. The van der Waals surface area contributed by atoms with E-state index in [1.807, 2.05) is 13.1 Å². The van der Waals surface area contributed by atoms with Crippen LogP contribution >= 0.6 is 0 Å². The van der Waals surface area contributed by atoms with Crippen LogP contribution in [0, 0.1) is 12.8 Å². The van der Waals surface area contributed by atoms with Gasteiger partial charge in [-0.1, -0.05) is 5.16 Å². The Labute approximate surface area is 164 Å². The molecule has 3 heterocycles. The molecule has 0 atom stereocenters. The minimum Gasteiger partial charge on any atom is -0.477 e. The minimum atomic E-state index is 0.704. The Morgan fingerprint density at radius 3 is 2.75 bits per heavy atom. The lowest BCUT2D eigenvalue weighted by atomic mass is 10.1. The van der Waals surface area contributed by atoms with E-state index in [1.165, 1.54) is 24.1 Å². The van der Waals surface area contributed by atoms with Crippen molar-refractivity contribution in [1.29, 1.82) is 0 Å². The van der Waals surface area contributed by atoms with Crippen molar-refractivity contribution in [3.05, 3.63) is 42.0 Å². The maximum atomic E-state index is 5.98. The molecule has 2 fully saturated rings. The van der Waals surface area contributed by atoms with Crippen LogP contribution in [0.3, 0.4) is 0 Å². The van der Waals surface area contributed by atoms with E-state index in [-0.39, 0.29) is 0 Å². The van der Waals surface area contributed by atoms with Gasteiger partial charge in [-0.15, -0.1) is 0 Å². The Morgan fingerprint density at radius 1 is 1.14 bits per heavy atom. The summed E-state index contributed by atoms with van der Waals surface area (Å²) in [6, 6.07) is 6.40. The molecule has 2 aromatic heterocycles. The zero-order valence-electron chi connectivity index (χ0n) is 16.2. The SMILES string of the molecule is Cc1oncc1CN1CCN(c2ccc3ncnc(OCC4CC4)c3c2)CC1. The van der Waals surface area contributed by atoms with Gasteiger partial charge >= 0.3 is 0 Å². The number of benzene rings is 1. The second-order valence-corrected chi connectivity index (χ2v) is 7.81. The molecule has 1 saturated carbocycles. The Bertz CT molecular complexity index is 960. The Kier molecular flexibility index (Phi) is 4.60. The predicted octanol–water partition coefficient (Wildman–Crippen LogP) is 3.04. The highest BCUT2D eigenvalue weighted by molar-refractivity contribution is 5.86. The van der Waals surface area contributed by atoms with Crippen LogP contribution in [-0.2, 0) is 6.54 Å². The minimum absolute atomic E-state index is 0.704.